The molecule has 0 aromatic carbocycles. The summed E-state index contributed by atoms with van der Waals surface area (Å²) in [5.41, 5.74) is 2.31. The van der Waals surface area contributed by atoms with Crippen molar-refractivity contribution in [3.05, 3.63) is 17.3 Å². The molecule has 0 aliphatic rings. The Balaban J connectivity index is 2.28. The summed E-state index contributed by atoms with van der Waals surface area (Å²) >= 11 is 5.30. The molecule has 0 aliphatic heterocycles. The Morgan fingerprint density at radius 2 is 2.24 bits per heavy atom. The van der Waals surface area contributed by atoms with Gasteiger partial charge in [-0.3, -0.25) is 0 Å². The molecule has 0 N–H and O–H groups in total. The lowest BCUT2D eigenvalue weighted by Gasteiger charge is -2.19. The Morgan fingerprint density at radius 1 is 1.47 bits per heavy atom. The SMILES string of the molecule is Cc1csc2c(N(C)CCC(C)Br)ncnc12. The van der Waals surface area contributed by atoms with Crippen LogP contribution in [-0.2, 0) is 0 Å². The van der Waals surface area contributed by atoms with Crippen LogP contribution in [0.2, 0.25) is 0 Å². The van der Waals surface area contributed by atoms with Gasteiger partial charge in [0.15, 0.2) is 0 Å². The second-order valence-corrected chi connectivity index (χ2v) is 6.73. The van der Waals surface area contributed by atoms with Crippen molar-refractivity contribution in [2.75, 3.05) is 18.5 Å². The Kier molecular flexibility index (Phi) is 3.99. The van der Waals surface area contributed by atoms with Crippen LogP contribution in [0, 0.1) is 6.92 Å². The third-order valence-corrected chi connectivity index (χ3v) is 4.28. The smallest absolute Gasteiger partial charge is 0.149 e. The number of halogens is 1. The largest absolute Gasteiger partial charge is 0.358 e. The molecule has 3 nitrogen and oxygen atoms in total. The summed E-state index contributed by atoms with van der Waals surface area (Å²) in [5, 5.41) is 2.14. The van der Waals surface area contributed by atoms with Gasteiger partial charge >= 0.3 is 0 Å². The zero-order chi connectivity index (χ0) is 12.4. The second-order valence-electron chi connectivity index (χ2n) is 4.28. The van der Waals surface area contributed by atoms with Crippen LogP contribution < -0.4 is 4.90 Å². The van der Waals surface area contributed by atoms with E-state index >= 15 is 0 Å². The first-order chi connectivity index (χ1) is 8.09. The summed E-state index contributed by atoms with van der Waals surface area (Å²) < 4.78 is 1.19. The summed E-state index contributed by atoms with van der Waals surface area (Å²) in [6, 6.07) is 0. The first kappa shape index (κ1) is 12.8. The van der Waals surface area contributed by atoms with Crippen LogP contribution in [0.5, 0.6) is 0 Å². The van der Waals surface area contributed by atoms with Gasteiger partial charge in [-0.05, 0) is 24.3 Å². The van der Waals surface area contributed by atoms with E-state index < -0.39 is 0 Å². The fraction of sp³-hybridized carbons (Fsp3) is 0.500. The minimum Gasteiger partial charge on any atom is -0.358 e. The molecule has 1 unspecified atom stereocenters. The molecular weight excluding hydrogens is 298 g/mol. The molecule has 0 saturated carbocycles. The van der Waals surface area contributed by atoms with Gasteiger partial charge in [-0.15, -0.1) is 11.3 Å². The van der Waals surface area contributed by atoms with Gasteiger partial charge in [-0.2, -0.15) is 0 Å². The number of anilines is 1. The molecule has 0 saturated heterocycles. The molecule has 0 amide bonds. The zero-order valence-corrected chi connectivity index (χ0v) is 12.7. The van der Waals surface area contributed by atoms with Crippen LogP contribution >= 0.6 is 27.3 Å². The van der Waals surface area contributed by atoms with Crippen LogP contribution in [0.15, 0.2) is 11.7 Å². The topological polar surface area (TPSA) is 29.0 Å². The molecule has 2 aromatic rings. The Bertz CT molecular complexity index is 509. The average Bonchev–Trinajstić information content (AvgIpc) is 2.68. The predicted molar refractivity (Wildman–Crippen MR) is 78.4 cm³/mol. The highest BCUT2D eigenvalue weighted by Gasteiger charge is 2.12. The number of alkyl halides is 1. The highest BCUT2D eigenvalue weighted by atomic mass is 79.9. The van der Waals surface area contributed by atoms with E-state index in [-0.39, 0.29) is 0 Å². The number of hydrogen-bond donors (Lipinski definition) is 0. The van der Waals surface area contributed by atoms with E-state index in [1.807, 2.05) is 0 Å². The molecule has 0 bridgehead atoms. The first-order valence-electron chi connectivity index (χ1n) is 5.63. The van der Waals surface area contributed by atoms with Gasteiger partial charge in [0.1, 0.15) is 12.1 Å². The predicted octanol–water partition coefficient (Wildman–Crippen LogP) is 3.61. The molecule has 0 aliphatic carbocycles. The summed E-state index contributed by atoms with van der Waals surface area (Å²) in [7, 11) is 2.09. The maximum atomic E-state index is 4.41. The van der Waals surface area contributed by atoms with E-state index in [1.54, 1.807) is 17.7 Å². The molecule has 0 fully saturated rings. The van der Waals surface area contributed by atoms with Gasteiger partial charge in [-0.25, -0.2) is 9.97 Å². The second kappa shape index (κ2) is 5.31. The lowest BCUT2D eigenvalue weighted by atomic mass is 10.3. The fourth-order valence-corrected chi connectivity index (χ4v) is 2.96. The third kappa shape index (κ3) is 2.77. The monoisotopic (exact) mass is 313 g/mol. The van der Waals surface area contributed by atoms with Gasteiger partial charge in [0.2, 0.25) is 0 Å². The van der Waals surface area contributed by atoms with Crippen molar-refractivity contribution in [3.63, 3.8) is 0 Å². The highest BCUT2D eigenvalue weighted by molar-refractivity contribution is 9.09. The van der Waals surface area contributed by atoms with E-state index in [1.165, 1.54) is 10.3 Å². The Hall–Kier alpha value is -0.680. The number of rotatable bonds is 4. The van der Waals surface area contributed by atoms with Crippen molar-refractivity contribution >= 4 is 43.3 Å². The van der Waals surface area contributed by atoms with Crippen molar-refractivity contribution in [1.82, 2.24) is 9.97 Å². The van der Waals surface area contributed by atoms with Crippen LogP contribution in [0.4, 0.5) is 5.82 Å². The minimum absolute atomic E-state index is 0.535. The highest BCUT2D eigenvalue weighted by Crippen LogP contribution is 2.30. The quantitative estimate of drug-likeness (QED) is 0.807. The number of nitrogens with zero attached hydrogens (tertiary/aromatic N) is 3. The van der Waals surface area contributed by atoms with Crippen LogP contribution in [0.1, 0.15) is 18.9 Å². The average molecular weight is 314 g/mol. The van der Waals surface area contributed by atoms with Crippen molar-refractivity contribution < 1.29 is 0 Å². The molecular formula is C12H16BrN3S. The van der Waals surface area contributed by atoms with Gasteiger partial charge in [0.25, 0.3) is 0 Å². The molecule has 2 heterocycles. The molecule has 2 aromatic heterocycles. The Labute approximate surface area is 114 Å². The minimum atomic E-state index is 0.535. The van der Waals surface area contributed by atoms with Crippen LogP contribution in [0.3, 0.4) is 0 Å². The molecule has 5 heteroatoms. The van der Waals surface area contributed by atoms with Crippen molar-refractivity contribution in [3.8, 4) is 0 Å². The van der Waals surface area contributed by atoms with E-state index in [0.717, 1.165) is 24.3 Å². The first-order valence-corrected chi connectivity index (χ1v) is 7.43. The summed E-state index contributed by atoms with van der Waals surface area (Å²) in [6.07, 6.45) is 2.76. The Morgan fingerprint density at radius 3 is 2.94 bits per heavy atom. The zero-order valence-electron chi connectivity index (χ0n) is 10.3. The lowest BCUT2D eigenvalue weighted by Crippen LogP contribution is -2.21. The fourth-order valence-electron chi connectivity index (χ4n) is 1.71. The molecule has 1 atom stereocenters. The summed E-state index contributed by atoms with van der Waals surface area (Å²) in [5.74, 6) is 1.04. The van der Waals surface area contributed by atoms with E-state index in [4.69, 9.17) is 0 Å². The summed E-state index contributed by atoms with van der Waals surface area (Å²) in [4.78, 5) is 11.5. The molecule has 92 valence electrons. The third-order valence-electron chi connectivity index (χ3n) is 2.74. The summed E-state index contributed by atoms with van der Waals surface area (Å²) in [6.45, 7) is 5.25. The number of aromatic nitrogens is 2. The lowest BCUT2D eigenvalue weighted by molar-refractivity contribution is 0.780. The van der Waals surface area contributed by atoms with Crippen LogP contribution in [-0.4, -0.2) is 28.4 Å². The van der Waals surface area contributed by atoms with Gasteiger partial charge < -0.3 is 4.90 Å². The van der Waals surface area contributed by atoms with E-state index in [0.29, 0.717) is 4.83 Å². The maximum Gasteiger partial charge on any atom is 0.149 e. The molecule has 17 heavy (non-hydrogen) atoms. The molecule has 0 radical (unpaired) electrons. The van der Waals surface area contributed by atoms with Crippen molar-refractivity contribution in [2.45, 2.75) is 25.1 Å². The van der Waals surface area contributed by atoms with E-state index in [2.05, 4.69) is 57.1 Å². The van der Waals surface area contributed by atoms with Crippen molar-refractivity contribution in [1.29, 1.82) is 0 Å². The number of aryl methyl sites for hydroxylation is 1. The number of fused-ring (bicyclic) bond motifs is 1. The van der Waals surface area contributed by atoms with Crippen molar-refractivity contribution in [2.24, 2.45) is 0 Å². The normalized spacial score (nSPS) is 12.9. The van der Waals surface area contributed by atoms with Gasteiger partial charge in [0.05, 0.1) is 10.2 Å². The number of hydrogen-bond acceptors (Lipinski definition) is 4. The van der Waals surface area contributed by atoms with Gasteiger partial charge in [-0.1, -0.05) is 22.9 Å². The maximum absolute atomic E-state index is 4.41. The van der Waals surface area contributed by atoms with Gasteiger partial charge in [0, 0.05) is 18.4 Å². The molecule has 2 rings (SSSR count). The van der Waals surface area contributed by atoms with Crippen LogP contribution in [0.25, 0.3) is 10.2 Å². The van der Waals surface area contributed by atoms with E-state index in [9.17, 15) is 0 Å². The molecule has 0 spiro atoms. The standard InChI is InChI=1S/C12H16BrN3S/c1-8-6-17-11-10(8)14-7-15-12(11)16(3)5-4-9(2)13/h6-7,9H,4-5H2,1-3H3. The number of thiophene rings is 1.